The lowest BCUT2D eigenvalue weighted by atomic mass is 9.72. The molecule has 2 saturated heterocycles. The third-order valence-corrected chi connectivity index (χ3v) is 8.72. The van der Waals surface area contributed by atoms with Gasteiger partial charge in [0.25, 0.3) is 0 Å². The molecule has 1 aliphatic carbocycles. The molecular weight excluding hydrogens is 490 g/mol. The number of nitrogens with zero attached hydrogens (tertiary/aromatic N) is 7. The van der Waals surface area contributed by atoms with Crippen LogP contribution >= 0.6 is 11.3 Å². The predicted molar refractivity (Wildman–Crippen MR) is 141 cm³/mol. The summed E-state index contributed by atoms with van der Waals surface area (Å²) in [5, 5.41) is 18.2. The molecule has 12 heteroatoms. The summed E-state index contributed by atoms with van der Waals surface area (Å²) in [6.45, 7) is 9.72. The van der Waals surface area contributed by atoms with Crippen LogP contribution in [0.5, 0.6) is 0 Å². The van der Waals surface area contributed by atoms with Crippen LogP contribution in [0, 0.1) is 11.3 Å². The van der Waals surface area contributed by atoms with Gasteiger partial charge in [0.2, 0.25) is 17.7 Å². The molecule has 0 saturated carbocycles. The van der Waals surface area contributed by atoms with Gasteiger partial charge in [0.05, 0.1) is 30.2 Å². The van der Waals surface area contributed by atoms with Crippen LogP contribution in [0.4, 0.5) is 16.8 Å². The monoisotopic (exact) mass is 521 g/mol. The summed E-state index contributed by atoms with van der Waals surface area (Å²) in [4.78, 5) is 20.3. The Kier molecular flexibility index (Phi) is 6.22. The van der Waals surface area contributed by atoms with Crippen LogP contribution in [0.1, 0.15) is 48.6 Å². The van der Waals surface area contributed by atoms with Crippen molar-refractivity contribution in [1.29, 1.82) is 5.26 Å². The Morgan fingerprint density at radius 1 is 1.24 bits per heavy atom. The standard InChI is InChI=1S/C25H31N9O2S/c1-15-14-35-11-10-34(15)24-29-17(12-19(30-24)33-8-6-28-7-9-33)22-31-23(36-32-22)25(2)5-3-4-18-20(25)16(13-26)21(27)37-18/h12,15,28H,3-11,14,27H2,1-2H3/t15-,25-/m0/s1. The van der Waals surface area contributed by atoms with Crippen LogP contribution in [0.2, 0.25) is 0 Å². The Morgan fingerprint density at radius 2 is 2.08 bits per heavy atom. The van der Waals surface area contributed by atoms with Crippen molar-refractivity contribution in [2.75, 3.05) is 61.5 Å². The number of rotatable bonds is 4. The van der Waals surface area contributed by atoms with Gasteiger partial charge in [-0.3, -0.25) is 0 Å². The summed E-state index contributed by atoms with van der Waals surface area (Å²) in [5.74, 6) is 2.42. The Labute approximate surface area is 219 Å². The molecule has 2 aliphatic heterocycles. The molecule has 194 valence electrons. The highest BCUT2D eigenvalue weighted by Crippen LogP contribution is 2.48. The van der Waals surface area contributed by atoms with E-state index in [-0.39, 0.29) is 6.04 Å². The number of thiophene rings is 1. The van der Waals surface area contributed by atoms with Gasteiger partial charge in [0.15, 0.2) is 0 Å². The predicted octanol–water partition coefficient (Wildman–Crippen LogP) is 2.32. The number of morpholine rings is 1. The van der Waals surface area contributed by atoms with Crippen molar-refractivity contribution < 1.29 is 9.26 Å². The highest BCUT2D eigenvalue weighted by molar-refractivity contribution is 7.16. The zero-order valence-corrected chi connectivity index (χ0v) is 22.0. The summed E-state index contributed by atoms with van der Waals surface area (Å²) in [6, 6.07) is 4.42. The van der Waals surface area contributed by atoms with Gasteiger partial charge in [-0.2, -0.15) is 15.2 Å². The first-order valence-electron chi connectivity index (χ1n) is 12.8. The average Bonchev–Trinajstić information content (AvgIpc) is 3.55. The number of aryl methyl sites for hydroxylation is 1. The minimum absolute atomic E-state index is 0.161. The maximum absolute atomic E-state index is 9.83. The van der Waals surface area contributed by atoms with Crippen molar-refractivity contribution in [1.82, 2.24) is 25.4 Å². The van der Waals surface area contributed by atoms with Crippen molar-refractivity contribution in [3.8, 4) is 17.6 Å². The Hall–Kier alpha value is -3.27. The fourth-order valence-corrected chi connectivity index (χ4v) is 6.80. The number of nitrogen functional groups attached to an aromatic ring is 1. The van der Waals surface area contributed by atoms with Gasteiger partial charge in [-0.05, 0) is 33.1 Å². The second-order valence-corrected chi connectivity index (χ2v) is 11.3. The van der Waals surface area contributed by atoms with Gasteiger partial charge in [-0.15, -0.1) is 11.3 Å². The highest BCUT2D eigenvalue weighted by atomic mass is 32.1. The van der Waals surface area contributed by atoms with Gasteiger partial charge >= 0.3 is 0 Å². The van der Waals surface area contributed by atoms with Crippen LogP contribution in [0.25, 0.3) is 11.5 Å². The first-order valence-corrected chi connectivity index (χ1v) is 13.6. The number of ether oxygens (including phenoxy) is 1. The van der Waals surface area contributed by atoms with E-state index >= 15 is 0 Å². The molecule has 0 amide bonds. The number of nitriles is 1. The maximum atomic E-state index is 9.83. The van der Waals surface area contributed by atoms with Gasteiger partial charge in [-0.25, -0.2) is 4.98 Å². The minimum Gasteiger partial charge on any atom is -0.389 e. The molecule has 3 N–H and O–H groups in total. The first kappa shape index (κ1) is 24.1. The zero-order chi connectivity index (χ0) is 25.6. The maximum Gasteiger partial charge on any atom is 0.237 e. The van der Waals surface area contributed by atoms with E-state index in [4.69, 9.17) is 29.9 Å². The molecule has 0 unspecified atom stereocenters. The second kappa shape index (κ2) is 9.55. The van der Waals surface area contributed by atoms with Gasteiger partial charge in [0.1, 0.15) is 22.6 Å². The van der Waals surface area contributed by atoms with Crippen molar-refractivity contribution in [2.24, 2.45) is 0 Å². The first-order chi connectivity index (χ1) is 18.0. The third kappa shape index (κ3) is 4.21. The van der Waals surface area contributed by atoms with Crippen molar-refractivity contribution in [2.45, 2.75) is 44.6 Å². The lowest BCUT2D eigenvalue weighted by Gasteiger charge is -2.34. The number of anilines is 3. The SMILES string of the molecule is C[C@H]1COCCN1c1nc(-c2noc([C@@]3(C)CCCc4sc(N)c(C#N)c43)n2)cc(N2CCNCC2)n1. The van der Waals surface area contributed by atoms with Crippen LogP contribution in [-0.2, 0) is 16.6 Å². The van der Waals surface area contributed by atoms with Crippen molar-refractivity contribution in [3.63, 3.8) is 0 Å². The summed E-state index contributed by atoms with van der Waals surface area (Å²) < 4.78 is 11.5. The summed E-state index contributed by atoms with van der Waals surface area (Å²) >= 11 is 1.50. The lowest BCUT2D eigenvalue weighted by Crippen LogP contribution is -2.46. The van der Waals surface area contributed by atoms with Gasteiger partial charge in [0, 0.05) is 49.2 Å². The zero-order valence-electron chi connectivity index (χ0n) is 21.2. The summed E-state index contributed by atoms with van der Waals surface area (Å²) in [7, 11) is 0. The van der Waals surface area contributed by atoms with Gasteiger partial charge < -0.3 is 30.1 Å². The van der Waals surface area contributed by atoms with E-state index in [0.29, 0.717) is 47.1 Å². The molecule has 5 heterocycles. The summed E-state index contributed by atoms with van der Waals surface area (Å²) in [5.41, 5.74) is 7.72. The van der Waals surface area contributed by atoms with E-state index in [1.54, 1.807) is 0 Å². The molecule has 3 aliphatic rings. The van der Waals surface area contributed by atoms with Crippen LogP contribution < -0.4 is 20.9 Å². The second-order valence-electron chi connectivity index (χ2n) is 10.1. The number of fused-ring (bicyclic) bond motifs is 1. The largest absolute Gasteiger partial charge is 0.389 e. The third-order valence-electron chi connectivity index (χ3n) is 7.65. The average molecular weight is 522 g/mol. The number of nitrogens with two attached hydrogens (primary N) is 1. The van der Waals surface area contributed by atoms with Gasteiger partial charge in [-0.1, -0.05) is 5.16 Å². The molecule has 3 aromatic heterocycles. The molecular formula is C25H31N9O2S. The minimum atomic E-state index is -0.575. The fourth-order valence-electron chi connectivity index (χ4n) is 5.61. The van der Waals surface area contributed by atoms with E-state index in [0.717, 1.165) is 68.2 Å². The molecule has 0 aromatic carbocycles. The normalized spacial score (nSPS) is 24.1. The van der Waals surface area contributed by atoms with Crippen LogP contribution in [0.3, 0.4) is 0 Å². The van der Waals surface area contributed by atoms with E-state index in [9.17, 15) is 5.26 Å². The molecule has 0 spiro atoms. The Balaban J connectivity index is 1.41. The van der Waals surface area contributed by atoms with E-state index in [1.165, 1.54) is 11.3 Å². The van der Waals surface area contributed by atoms with E-state index in [1.807, 2.05) is 6.07 Å². The lowest BCUT2D eigenvalue weighted by molar-refractivity contribution is 0.0981. The highest BCUT2D eigenvalue weighted by Gasteiger charge is 2.43. The fraction of sp³-hybridized carbons (Fsp3) is 0.560. The Bertz CT molecular complexity index is 1340. The molecule has 2 fully saturated rings. The molecule has 0 radical (unpaired) electrons. The van der Waals surface area contributed by atoms with E-state index in [2.05, 4.69) is 40.2 Å². The van der Waals surface area contributed by atoms with E-state index < -0.39 is 5.41 Å². The number of aromatic nitrogens is 4. The van der Waals surface area contributed by atoms with Crippen LogP contribution in [-0.4, -0.2) is 72.1 Å². The quantitative estimate of drug-likeness (QED) is 0.522. The molecule has 2 atom stereocenters. The van der Waals surface area contributed by atoms with Crippen molar-refractivity contribution >= 4 is 28.1 Å². The molecule has 3 aromatic rings. The molecule has 37 heavy (non-hydrogen) atoms. The van der Waals surface area contributed by atoms with Crippen LogP contribution in [0.15, 0.2) is 10.6 Å². The summed E-state index contributed by atoms with van der Waals surface area (Å²) in [6.07, 6.45) is 2.67. The molecule has 11 nitrogen and oxygen atoms in total. The molecule has 0 bridgehead atoms. The number of hydrogen-bond donors (Lipinski definition) is 2. The Morgan fingerprint density at radius 3 is 2.86 bits per heavy atom. The number of piperazine rings is 1. The smallest absolute Gasteiger partial charge is 0.237 e. The number of nitrogens with one attached hydrogen (secondary N) is 1. The molecule has 6 rings (SSSR count). The number of hydrogen-bond acceptors (Lipinski definition) is 12. The topological polar surface area (TPSA) is 142 Å². The van der Waals surface area contributed by atoms with Crippen molar-refractivity contribution in [3.05, 3.63) is 28.0 Å².